The number of benzene rings is 2. The third kappa shape index (κ3) is 5.18. The minimum absolute atomic E-state index is 0.126. The van der Waals surface area contributed by atoms with Crippen molar-refractivity contribution in [2.75, 3.05) is 0 Å². The van der Waals surface area contributed by atoms with Crippen LogP contribution in [0.4, 0.5) is 0 Å². The van der Waals surface area contributed by atoms with Gasteiger partial charge in [-0.1, -0.05) is 12.1 Å². The highest BCUT2D eigenvalue weighted by atomic mass is 127. The molecule has 1 N–H and O–H groups in total. The molecule has 0 aromatic heterocycles. The first-order chi connectivity index (χ1) is 24.3. The second-order valence-electron chi connectivity index (χ2n) is 20.1. The average Bonchev–Trinajstić information content (AvgIpc) is 3.03. The quantitative estimate of drug-likeness (QED) is 0.170. The van der Waals surface area contributed by atoms with E-state index in [2.05, 4.69) is 12.1 Å². The van der Waals surface area contributed by atoms with Crippen LogP contribution in [-0.2, 0) is 36.5 Å². The molecule has 0 aliphatic heterocycles. The van der Waals surface area contributed by atoms with Crippen LogP contribution in [-0.4, -0.2) is 21.4 Å². The van der Waals surface area contributed by atoms with Gasteiger partial charge in [-0.05, 0) is 243 Å². The highest BCUT2D eigenvalue weighted by molar-refractivity contribution is 14.1. The Kier molecular flexibility index (Phi) is 7.15. The zero-order valence-electron chi connectivity index (χ0n) is 29.5. The fourth-order valence-corrected chi connectivity index (χ4v) is 19.3. The van der Waals surface area contributed by atoms with Crippen molar-refractivity contribution in [2.45, 2.75) is 142 Å². The lowest BCUT2D eigenvalue weighted by molar-refractivity contribution is -0.0138. The van der Waals surface area contributed by atoms with Crippen molar-refractivity contribution in [1.29, 1.82) is 0 Å². The van der Waals surface area contributed by atoms with Crippen LogP contribution < -0.4 is 4.18 Å². The maximum absolute atomic E-state index is 15.4. The summed E-state index contributed by atoms with van der Waals surface area (Å²) in [6.07, 6.45) is 22.3. The Morgan fingerprint density at radius 1 is 0.549 bits per heavy atom. The Morgan fingerprint density at radius 2 is 0.902 bits per heavy atom. The SMILES string of the molecule is O=S(=O)(O)c1ccc(OS(=O)(=O)c2c(C34CC5CC(CC(C5)C3)C4)cc(C34CC5CC(CC(C5)C3)C4)cc2C23CC4CC(CC(C4)C2)C3)c(I)c1. The van der Waals surface area contributed by atoms with Crippen molar-refractivity contribution in [3.05, 3.63) is 50.6 Å². The minimum atomic E-state index is -4.44. The standard InChI is InChI=1S/C42H51IO6S2/c43-37-14-34(50(44,45)46)1-2-38(37)49-51(47,48)39-35(41-18-27-6-28(19-41)8-29(7-27)20-41)12-33(40-15-24-3-25(16-40)5-26(4-24)17-40)13-36(39)42-21-30-9-31(22-42)11-32(10-30)23-42/h1-2,12-14,24-32H,3-11,15-23H2,(H,44,45,46). The fraction of sp³-hybridized carbons (Fsp3) is 0.714. The Hall–Kier alpha value is -1.17. The van der Waals surface area contributed by atoms with Gasteiger partial charge in [-0.3, -0.25) is 4.55 Å². The van der Waals surface area contributed by atoms with Gasteiger partial charge in [0.25, 0.3) is 10.1 Å². The molecule has 0 spiro atoms. The van der Waals surface area contributed by atoms with Crippen LogP contribution >= 0.6 is 22.6 Å². The van der Waals surface area contributed by atoms with Gasteiger partial charge in [0, 0.05) is 0 Å². The van der Waals surface area contributed by atoms with E-state index in [0.717, 1.165) is 67.4 Å². The highest BCUT2D eigenvalue weighted by Crippen LogP contribution is 2.67. The minimum Gasteiger partial charge on any atom is -0.378 e. The topological polar surface area (TPSA) is 97.7 Å². The Bertz CT molecular complexity index is 1880. The summed E-state index contributed by atoms with van der Waals surface area (Å²) in [4.78, 5) is 0.231. The Balaban J connectivity index is 1.14. The summed E-state index contributed by atoms with van der Waals surface area (Å²) in [5.41, 5.74) is 3.56. The normalized spacial score (nSPS) is 44.4. The molecule has 2 aromatic rings. The third-order valence-electron chi connectivity index (χ3n) is 16.6. The highest BCUT2D eigenvalue weighted by Gasteiger charge is 2.59. The molecule has 274 valence electrons. The van der Waals surface area contributed by atoms with Gasteiger partial charge >= 0.3 is 10.1 Å². The first-order valence-corrected chi connectivity index (χ1v) is 24.1. The third-order valence-corrected chi connectivity index (χ3v) is 19.6. The molecular formula is C42H51IO6S2. The number of halogens is 1. The molecule has 12 aliphatic carbocycles. The molecule has 0 unspecified atom stereocenters. The maximum Gasteiger partial charge on any atom is 0.339 e. The molecule has 0 saturated heterocycles. The molecule has 12 bridgehead atoms. The van der Waals surface area contributed by atoms with E-state index in [1.807, 2.05) is 22.6 Å². The molecular weight excluding hydrogens is 791 g/mol. The monoisotopic (exact) mass is 842 g/mol. The summed E-state index contributed by atoms with van der Waals surface area (Å²) < 4.78 is 71.1. The van der Waals surface area contributed by atoms with Crippen LogP contribution in [0.2, 0.25) is 0 Å². The van der Waals surface area contributed by atoms with Gasteiger partial charge in [0.15, 0.2) is 5.75 Å². The summed E-state index contributed by atoms with van der Waals surface area (Å²) in [5, 5.41) is 0. The van der Waals surface area contributed by atoms with E-state index in [-0.39, 0.29) is 26.9 Å². The van der Waals surface area contributed by atoms with Gasteiger partial charge in [0.1, 0.15) is 4.90 Å². The van der Waals surface area contributed by atoms with Crippen molar-refractivity contribution in [1.82, 2.24) is 0 Å². The molecule has 6 nitrogen and oxygen atoms in total. The molecule has 2 aromatic carbocycles. The molecule has 12 fully saturated rings. The van der Waals surface area contributed by atoms with E-state index in [1.54, 1.807) is 0 Å². The Morgan fingerprint density at radius 3 is 1.24 bits per heavy atom. The number of rotatable bonds is 7. The van der Waals surface area contributed by atoms with E-state index in [1.165, 1.54) is 101 Å². The van der Waals surface area contributed by atoms with Gasteiger partial charge in [0.05, 0.1) is 8.47 Å². The van der Waals surface area contributed by atoms with Gasteiger partial charge in [-0.15, -0.1) is 0 Å². The van der Waals surface area contributed by atoms with Crippen LogP contribution in [0.3, 0.4) is 0 Å². The van der Waals surface area contributed by atoms with E-state index >= 15 is 8.42 Å². The van der Waals surface area contributed by atoms with E-state index in [9.17, 15) is 13.0 Å². The average molecular weight is 843 g/mol. The molecule has 12 aliphatic rings. The largest absolute Gasteiger partial charge is 0.378 e. The van der Waals surface area contributed by atoms with Crippen LogP contribution in [0.5, 0.6) is 5.75 Å². The molecule has 0 amide bonds. The molecule has 14 rings (SSSR count). The second-order valence-corrected chi connectivity index (χ2v) is 24.2. The number of hydrogen-bond donors (Lipinski definition) is 1. The first-order valence-electron chi connectivity index (χ1n) is 20.2. The molecule has 12 saturated carbocycles. The van der Waals surface area contributed by atoms with Gasteiger partial charge in [-0.2, -0.15) is 16.8 Å². The molecule has 0 radical (unpaired) electrons. The van der Waals surface area contributed by atoms with Crippen LogP contribution in [0, 0.1) is 56.8 Å². The Labute approximate surface area is 317 Å². The van der Waals surface area contributed by atoms with Crippen LogP contribution in [0.15, 0.2) is 40.1 Å². The van der Waals surface area contributed by atoms with E-state index in [4.69, 9.17) is 4.18 Å². The molecule has 9 heteroatoms. The van der Waals surface area contributed by atoms with Crippen molar-refractivity contribution in [2.24, 2.45) is 53.3 Å². The van der Waals surface area contributed by atoms with Crippen molar-refractivity contribution in [3.8, 4) is 5.75 Å². The zero-order valence-corrected chi connectivity index (χ0v) is 33.3. The zero-order chi connectivity index (χ0) is 34.7. The van der Waals surface area contributed by atoms with Gasteiger partial charge in [0.2, 0.25) is 0 Å². The fourth-order valence-electron chi connectivity index (χ4n) is 16.2. The lowest BCUT2D eigenvalue weighted by Gasteiger charge is -2.60. The molecule has 51 heavy (non-hydrogen) atoms. The van der Waals surface area contributed by atoms with Crippen molar-refractivity contribution < 1.29 is 25.6 Å². The summed E-state index contributed by atoms with van der Waals surface area (Å²) in [6.45, 7) is 0. The summed E-state index contributed by atoms with van der Waals surface area (Å²) in [5.74, 6) is 6.59. The van der Waals surface area contributed by atoms with E-state index < -0.39 is 20.2 Å². The predicted octanol–water partition coefficient (Wildman–Crippen LogP) is 9.71. The maximum atomic E-state index is 15.4. The van der Waals surface area contributed by atoms with Crippen LogP contribution in [0.1, 0.15) is 132 Å². The smallest absolute Gasteiger partial charge is 0.339 e. The molecule has 0 heterocycles. The second kappa shape index (κ2) is 11.0. The lowest BCUT2D eigenvalue weighted by Crippen LogP contribution is -2.52. The predicted molar refractivity (Wildman–Crippen MR) is 203 cm³/mol. The molecule has 0 atom stereocenters. The van der Waals surface area contributed by atoms with Crippen LogP contribution in [0.25, 0.3) is 0 Å². The van der Waals surface area contributed by atoms with E-state index in [0.29, 0.717) is 44.0 Å². The summed E-state index contributed by atoms with van der Waals surface area (Å²) >= 11 is 1.94. The summed E-state index contributed by atoms with van der Waals surface area (Å²) in [7, 11) is -8.76. The van der Waals surface area contributed by atoms with Gasteiger partial charge < -0.3 is 4.18 Å². The first kappa shape index (κ1) is 33.2. The number of hydrogen-bond acceptors (Lipinski definition) is 5. The van der Waals surface area contributed by atoms with Gasteiger partial charge in [-0.25, -0.2) is 0 Å². The van der Waals surface area contributed by atoms with Crippen molar-refractivity contribution in [3.63, 3.8) is 0 Å². The van der Waals surface area contributed by atoms with Crippen molar-refractivity contribution >= 4 is 42.8 Å². The summed E-state index contributed by atoms with van der Waals surface area (Å²) in [6, 6.07) is 8.91. The lowest BCUT2D eigenvalue weighted by atomic mass is 9.45.